The molecule has 0 saturated heterocycles. The molecule has 0 aromatic heterocycles. The minimum atomic E-state index is -4.73. The number of hydrogen-bond donors (Lipinski definition) is 2. The highest BCUT2D eigenvalue weighted by atomic mass is 32.2. The van der Waals surface area contributed by atoms with Gasteiger partial charge in [-0.05, 0) is 18.2 Å². The number of halogens is 4. The second-order valence-corrected chi connectivity index (χ2v) is 7.43. The number of anilines is 1. The standard InChI is InChI=1S/C13H13F4N3O3S/c14-9-2-1-7(19-6-21)3-8(9)10-5-24(22,23)11(12(18)20-10)4-13(15,16)17/h1-3,6,10-11H,4-5H2,(H2,18,20)(H,19,21). The fourth-order valence-electron chi connectivity index (χ4n) is 2.38. The van der Waals surface area contributed by atoms with Crippen LogP contribution in [0.5, 0.6) is 0 Å². The Labute approximate surface area is 134 Å². The van der Waals surface area contributed by atoms with E-state index >= 15 is 0 Å². The Morgan fingerprint density at radius 2 is 2.04 bits per heavy atom. The van der Waals surface area contributed by atoms with E-state index in [4.69, 9.17) is 5.73 Å². The molecule has 0 saturated carbocycles. The third kappa shape index (κ3) is 4.02. The van der Waals surface area contributed by atoms with E-state index in [1.165, 1.54) is 6.07 Å². The largest absolute Gasteiger partial charge is 0.390 e. The maximum atomic E-state index is 13.9. The van der Waals surface area contributed by atoms with E-state index in [-0.39, 0.29) is 11.3 Å². The first-order valence-corrected chi connectivity index (χ1v) is 8.36. The summed E-state index contributed by atoms with van der Waals surface area (Å²) < 4.78 is 75.7. The van der Waals surface area contributed by atoms with Gasteiger partial charge in [0.15, 0.2) is 9.84 Å². The molecule has 1 amide bonds. The van der Waals surface area contributed by atoms with Crippen molar-refractivity contribution in [2.24, 2.45) is 10.7 Å². The number of benzene rings is 1. The van der Waals surface area contributed by atoms with E-state index < -0.39 is 51.1 Å². The van der Waals surface area contributed by atoms with Gasteiger partial charge in [-0.15, -0.1) is 0 Å². The fourth-order valence-corrected chi connectivity index (χ4v) is 4.18. The van der Waals surface area contributed by atoms with E-state index in [0.29, 0.717) is 6.41 Å². The van der Waals surface area contributed by atoms with Gasteiger partial charge in [-0.1, -0.05) is 0 Å². The third-order valence-electron chi connectivity index (χ3n) is 3.46. The van der Waals surface area contributed by atoms with Crippen LogP contribution in [0.4, 0.5) is 23.2 Å². The van der Waals surface area contributed by atoms with Crippen molar-refractivity contribution in [3.05, 3.63) is 29.6 Å². The molecule has 1 aliphatic heterocycles. The molecule has 1 aromatic carbocycles. The van der Waals surface area contributed by atoms with E-state index in [2.05, 4.69) is 10.3 Å². The van der Waals surface area contributed by atoms with Crippen LogP contribution in [0.1, 0.15) is 18.0 Å². The molecule has 0 aliphatic carbocycles. The van der Waals surface area contributed by atoms with E-state index in [1.807, 2.05) is 0 Å². The van der Waals surface area contributed by atoms with E-state index in [1.54, 1.807) is 0 Å². The topological polar surface area (TPSA) is 102 Å². The van der Waals surface area contributed by atoms with Crippen LogP contribution >= 0.6 is 0 Å². The number of carbonyl (C=O) groups excluding carboxylic acids is 1. The summed E-state index contributed by atoms with van der Waals surface area (Å²) in [5.41, 5.74) is 5.42. The first-order chi connectivity index (χ1) is 11.0. The monoisotopic (exact) mass is 367 g/mol. The van der Waals surface area contributed by atoms with Crippen LogP contribution in [0.15, 0.2) is 23.2 Å². The number of carbonyl (C=O) groups is 1. The van der Waals surface area contributed by atoms with Gasteiger partial charge in [-0.2, -0.15) is 13.2 Å². The molecular formula is C13H13F4N3O3S. The number of amides is 1. The average molecular weight is 367 g/mol. The number of rotatable bonds is 4. The van der Waals surface area contributed by atoms with Crippen molar-refractivity contribution in [1.82, 2.24) is 0 Å². The first-order valence-electron chi connectivity index (χ1n) is 6.64. The molecule has 0 spiro atoms. The summed E-state index contributed by atoms with van der Waals surface area (Å²) in [6.07, 6.45) is -6.04. The van der Waals surface area contributed by atoms with Gasteiger partial charge in [0.2, 0.25) is 6.41 Å². The van der Waals surface area contributed by atoms with Gasteiger partial charge in [0.1, 0.15) is 16.9 Å². The van der Waals surface area contributed by atoms with Crippen molar-refractivity contribution in [2.75, 3.05) is 11.1 Å². The maximum Gasteiger partial charge on any atom is 0.390 e. The molecule has 6 nitrogen and oxygen atoms in total. The number of sulfone groups is 1. The molecule has 1 heterocycles. The van der Waals surface area contributed by atoms with Crippen molar-refractivity contribution in [3.63, 3.8) is 0 Å². The summed E-state index contributed by atoms with van der Waals surface area (Å²) in [6.45, 7) is 0. The lowest BCUT2D eigenvalue weighted by molar-refractivity contribution is -0.132. The van der Waals surface area contributed by atoms with Crippen molar-refractivity contribution in [3.8, 4) is 0 Å². The molecule has 2 atom stereocenters. The minimum absolute atomic E-state index is 0.182. The van der Waals surface area contributed by atoms with Crippen molar-refractivity contribution in [2.45, 2.75) is 23.9 Å². The minimum Gasteiger partial charge on any atom is -0.386 e. The quantitative estimate of drug-likeness (QED) is 0.623. The highest BCUT2D eigenvalue weighted by Gasteiger charge is 2.44. The molecule has 2 unspecified atom stereocenters. The van der Waals surface area contributed by atoms with Crippen LogP contribution in [0, 0.1) is 5.82 Å². The van der Waals surface area contributed by atoms with Gasteiger partial charge in [0.05, 0.1) is 18.2 Å². The number of nitrogens with zero attached hydrogens (tertiary/aromatic N) is 1. The lowest BCUT2D eigenvalue weighted by Crippen LogP contribution is -2.45. The summed E-state index contributed by atoms with van der Waals surface area (Å²) in [5, 5.41) is 0.282. The molecule has 11 heteroatoms. The van der Waals surface area contributed by atoms with Crippen LogP contribution in [-0.4, -0.2) is 37.8 Å². The van der Waals surface area contributed by atoms with Crippen molar-refractivity contribution in [1.29, 1.82) is 0 Å². The van der Waals surface area contributed by atoms with Crippen LogP contribution in [0.25, 0.3) is 0 Å². The Morgan fingerprint density at radius 3 is 2.58 bits per heavy atom. The fraction of sp³-hybridized carbons (Fsp3) is 0.385. The van der Waals surface area contributed by atoms with Gasteiger partial charge in [-0.3, -0.25) is 9.79 Å². The smallest absolute Gasteiger partial charge is 0.386 e. The first kappa shape index (κ1) is 18.2. The molecule has 0 fully saturated rings. The molecule has 0 radical (unpaired) electrons. The maximum absolute atomic E-state index is 13.9. The summed E-state index contributed by atoms with van der Waals surface area (Å²) in [5.74, 6) is -2.33. The lowest BCUT2D eigenvalue weighted by atomic mass is 10.1. The Hall–Kier alpha value is -2.17. The number of nitrogens with two attached hydrogens (primary N) is 1. The van der Waals surface area contributed by atoms with Gasteiger partial charge in [0, 0.05) is 11.3 Å². The molecule has 1 aliphatic rings. The second kappa shape index (κ2) is 6.38. The molecular weight excluding hydrogens is 354 g/mol. The highest BCUT2D eigenvalue weighted by molar-refractivity contribution is 7.92. The Morgan fingerprint density at radius 1 is 1.38 bits per heavy atom. The molecule has 132 valence electrons. The van der Waals surface area contributed by atoms with Crippen LogP contribution in [0.3, 0.4) is 0 Å². The van der Waals surface area contributed by atoms with E-state index in [0.717, 1.165) is 12.1 Å². The zero-order valence-corrected chi connectivity index (χ0v) is 12.9. The molecule has 0 bridgehead atoms. The van der Waals surface area contributed by atoms with Crippen molar-refractivity contribution < 1.29 is 30.8 Å². The van der Waals surface area contributed by atoms with Gasteiger partial charge in [-0.25, -0.2) is 12.8 Å². The predicted molar refractivity (Wildman–Crippen MR) is 78.7 cm³/mol. The molecule has 1 aromatic rings. The Kier molecular flexibility index (Phi) is 4.83. The number of amidine groups is 1. The van der Waals surface area contributed by atoms with Crippen LogP contribution in [0.2, 0.25) is 0 Å². The van der Waals surface area contributed by atoms with Gasteiger partial charge >= 0.3 is 6.18 Å². The van der Waals surface area contributed by atoms with Crippen LogP contribution in [-0.2, 0) is 14.6 Å². The number of nitrogens with one attached hydrogen (secondary N) is 1. The molecule has 24 heavy (non-hydrogen) atoms. The lowest BCUT2D eigenvalue weighted by Gasteiger charge is -2.27. The predicted octanol–water partition coefficient (Wildman–Crippen LogP) is 1.54. The summed E-state index contributed by atoms with van der Waals surface area (Å²) in [7, 11) is -4.28. The second-order valence-electron chi connectivity index (χ2n) is 5.21. The number of aliphatic imine (C=N–C) groups is 1. The summed E-state index contributed by atoms with van der Waals surface area (Å²) in [6, 6.07) is 2.10. The zero-order chi connectivity index (χ0) is 18.1. The highest BCUT2D eigenvalue weighted by Crippen LogP contribution is 2.33. The zero-order valence-electron chi connectivity index (χ0n) is 12.0. The van der Waals surface area contributed by atoms with E-state index in [9.17, 15) is 30.8 Å². The third-order valence-corrected chi connectivity index (χ3v) is 5.51. The molecule has 2 rings (SSSR count). The summed E-state index contributed by atoms with van der Waals surface area (Å²) >= 11 is 0. The molecule has 3 N–H and O–H groups in total. The average Bonchev–Trinajstić information content (AvgIpc) is 2.44. The van der Waals surface area contributed by atoms with Gasteiger partial charge < -0.3 is 11.1 Å². The van der Waals surface area contributed by atoms with Crippen LogP contribution < -0.4 is 11.1 Å². The number of alkyl halides is 3. The van der Waals surface area contributed by atoms with Crippen molar-refractivity contribution >= 4 is 27.8 Å². The number of hydrogen-bond acceptors (Lipinski definition) is 5. The Balaban J connectivity index is 2.42. The summed E-state index contributed by atoms with van der Waals surface area (Å²) in [4.78, 5) is 14.2. The normalized spacial score (nSPS) is 23.4. The Bertz CT molecular complexity index is 777. The van der Waals surface area contributed by atoms with Gasteiger partial charge in [0.25, 0.3) is 0 Å². The SMILES string of the molecule is NC1=NC(c2cc(NC=O)ccc2F)CS(=O)(=O)C1CC(F)(F)F.